The predicted octanol–water partition coefficient (Wildman–Crippen LogP) is 2.43. The summed E-state index contributed by atoms with van der Waals surface area (Å²) < 4.78 is 28.3. The molecule has 0 atom stereocenters. The number of hydrogen-bond donors (Lipinski definition) is 2. The van der Waals surface area contributed by atoms with Gasteiger partial charge in [0, 0.05) is 12.6 Å². The van der Waals surface area contributed by atoms with E-state index in [1.807, 2.05) is 20.0 Å². The molecule has 1 aromatic rings. The van der Waals surface area contributed by atoms with Crippen molar-refractivity contribution in [1.82, 2.24) is 10.0 Å². The molecule has 1 saturated carbocycles. The maximum atomic E-state index is 12.7. The molecule has 0 aromatic heterocycles. The van der Waals surface area contributed by atoms with Gasteiger partial charge in [0.1, 0.15) is 0 Å². The van der Waals surface area contributed by atoms with Crippen LogP contribution in [0, 0.1) is 17.8 Å². The van der Waals surface area contributed by atoms with E-state index in [0.29, 0.717) is 11.4 Å². The van der Waals surface area contributed by atoms with Crippen molar-refractivity contribution in [2.75, 3.05) is 7.05 Å². The van der Waals surface area contributed by atoms with Gasteiger partial charge in [-0.25, -0.2) is 13.1 Å². The van der Waals surface area contributed by atoms with Gasteiger partial charge in [-0.2, -0.15) is 0 Å². The lowest BCUT2D eigenvalue weighted by molar-refractivity contribution is 0.457. The normalized spacial score (nSPS) is 20.5. The number of nitrogens with one attached hydrogen (secondary N) is 2. The number of hydrogen-bond acceptors (Lipinski definition) is 3. The Labute approximate surface area is 128 Å². The lowest BCUT2D eigenvalue weighted by Crippen LogP contribution is -2.30. The second-order valence-corrected chi connectivity index (χ2v) is 8.75. The first kappa shape index (κ1) is 16.5. The summed E-state index contributed by atoms with van der Waals surface area (Å²) in [5, 5.41) is 3.07. The van der Waals surface area contributed by atoms with Crippen LogP contribution < -0.4 is 10.0 Å². The largest absolute Gasteiger partial charge is 0.316 e. The van der Waals surface area contributed by atoms with Crippen LogP contribution in [0.3, 0.4) is 0 Å². The van der Waals surface area contributed by atoms with Gasteiger partial charge in [-0.15, -0.1) is 0 Å². The van der Waals surface area contributed by atoms with Crippen LogP contribution in [0.25, 0.3) is 0 Å². The summed E-state index contributed by atoms with van der Waals surface area (Å²) in [4.78, 5) is 0.383. The first-order valence-electron chi connectivity index (χ1n) is 7.31. The zero-order valence-corrected chi connectivity index (χ0v) is 14.6. The zero-order chi connectivity index (χ0) is 16.1. The van der Waals surface area contributed by atoms with Crippen molar-refractivity contribution in [2.24, 2.45) is 10.8 Å². The predicted molar refractivity (Wildman–Crippen MR) is 85.6 cm³/mol. The summed E-state index contributed by atoms with van der Waals surface area (Å²) in [5.74, 6) is 0. The summed E-state index contributed by atoms with van der Waals surface area (Å²) in [6, 6.07) is 5.41. The lowest BCUT2D eigenvalue weighted by Gasteiger charge is -2.13. The Hall–Kier alpha value is -0.910. The fraction of sp³-hybridized carbons (Fsp3) is 0.625. The third-order valence-electron chi connectivity index (χ3n) is 5.35. The van der Waals surface area contributed by atoms with Crippen molar-refractivity contribution in [3.05, 3.63) is 29.3 Å². The molecular formula is C16H26N2O2S. The Morgan fingerprint density at radius 3 is 2.19 bits per heavy atom. The molecule has 21 heavy (non-hydrogen) atoms. The standard InChI is InChI=1S/C16H26N2O2S/c1-11-12(10-17-6)8-7-9-13(11)21(19,20)18-14-15(2,3)16(14,4)5/h7-9,14,17-18H,10H2,1-6H3. The van der Waals surface area contributed by atoms with Crippen LogP contribution in [0.5, 0.6) is 0 Å². The van der Waals surface area contributed by atoms with Gasteiger partial charge >= 0.3 is 0 Å². The summed E-state index contributed by atoms with van der Waals surface area (Å²) in [7, 11) is -1.63. The van der Waals surface area contributed by atoms with Crippen molar-refractivity contribution in [3.8, 4) is 0 Å². The van der Waals surface area contributed by atoms with E-state index in [9.17, 15) is 8.42 Å². The van der Waals surface area contributed by atoms with Crippen LogP contribution in [-0.4, -0.2) is 21.5 Å². The highest BCUT2D eigenvalue weighted by Crippen LogP contribution is 2.62. The molecule has 0 radical (unpaired) electrons. The quantitative estimate of drug-likeness (QED) is 0.878. The van der Waals surface area contributed by atoms with E-state index in [2.05, 4.69) is 37.7 Å². The van der Waals surface area contributed by atoms with E-state index in [0.717, 1.165) is 11.1 Å². The number of benzene rings is 1. The van der Waals surface area contributed by atoms with Gasteiger partial charge in [0.15, 0.2) is 0 Å². The third-order valence-corrected chi connectivity index (χ3v) is 6.91. The van der Waals surface area contributed by atoms with E-state index in [1.54, 1.807) is 12.1 Å². The molecule has 0 heterocycles. The van der Waals surface area contributed by atoms with Crippen molar-refractivity contribution >= 4 is 10.0 Å². The minimum absolute atomic E-state index is 0.0173. The van der Waals surface area contributed by atoms with Crippen molar-refractivity contribution in [3.63, 3.8) is 0 Å². The molecule has 0 spiro atoms. The molecule has 5 heteroatoms. The van der Waals surface area contributed by atoms with Crippen LogP contribution in [0.15, 0.2) is 23.1 Å². The average Bonchev–Trinajstić information content (AvgIpc) is 2.74. The van der Waals surface area contributed by atoms with Gasteiger partial charge in [-0.1, -0.05) is 39.8 Å². The third kappa shape index (κ3) is 2.62. The van der Waals surface area contributed by atoms with Gasteiger partial charge in [0.25, 0.3) is 0 Å². The molecule has 2 N–H and O–H groups in total. The van der Waals surface area contributed by atoms with Crippen molar-refractivity contribution in [2.45, 2.75) is 52.1 Å². The van der Waals surface area contributed by atoms with E-state index in [4.69, 9.17) is 0 Å². The highest BCUT2D eigenvalue weighted by molar-refractivity contribution is 7.89. The van der Waals surface area contributed by atoms with Crippen LogP contribution in [0.1, 0.15) is 38.8 Å². The number of sulfonamides is 1. The van der Waals surface area contributed by atoms with E-state index in [1.165, 1.54) is 0 Å². The maximum absolute atomic E-state index is 12.7. The van der Waals surface area contributed by atoms with Gasteiger partial charge in [0.2, 0.25) is 10.0 Å². The summed E-state index contributed by atoms with van der Waals surface area (Å²) in [6.07, 6.45) is 0. The Morgan fingerprint density at radius 2 is 1.71 bits per heavy atom. The van der Waals surface area contributed by atoms with Crippen molar-refractivity contribution in [1.29, 1.82) is 0 Å². The van der Waals surface area contributed by atoms with E-state index < -0.39 is 10.0 Å². The van der Waals surface area contributed by atoms with E-state index in [-0.39, 0.29) is 16.9 Å². The zero-order valence-electron chi connectivity index (χ0n) is 13.7. The molecule has 1 aliphatic rings. The monoisotopic (exact) mass is 310 g/mol. The molecule has 0 bridgehead atoms. The Balaban J connectivity index is 2.32. The molecule has 1 aromatic carbocycles. The lowest BCUT2D eigenvalue weighted by atomic mass is 10.0. The molecule has 118 valence electrons. The molecule has 1 fully saturated rings. The SMILES string of the molecule is CNCc1cccc(S(=O)(=O)NC2C(C)(C)C2(C)C)c1C. The molecule has 1 aliphatic carbocycles. The molecule has 0 aliphatic heterocycles. The topological polar surface area (TPSA) is 58.2 Å². The second-order valence-electron chi connectivity index (χ2n) is 7.07. The van der Waals surface area contributed by atoms with Gasteiger partial charge in [-0.05, 0) is 42.0 Å². The second kappa shape index (κ2) is 5.07. The van der Waals surface area contributed by atoms with Crippen molar-refractivity contribution < 1.29 is 8.42 Å². The molecule has 0 amide bonds. The minimum Gasteiger partial charge on any atom is -0.316 e. The summed E-state index contributed by atoms with van der Waals surface area (Å²) in [6.45, 7) is 10.9. The molecule has 4 nitrogen and oxygen atoms in total. The molecule has 0 saturated heterocycles. The summed E-state index contributed by atoms with van der Waals surface area (Å²) >= 11 is 0. The Kier molecular flexibility index (Phi) is 3.98. The maximum Gasteiger partial charge on any atom is 0.241 e. The van der Waals surface area contributed by atoms with Gasteiger partial charge in [0.05, 0.1) is 4.90 Å². The smallest absolute Gasteiger partial charge is 0.241 e. The average molecular weight is 310 g/mol. The fourth-order valence-electron chi connectivity index (χ4n) is 3.04. The first-order chi connectivity index (χ1) is 9.55. The van der Waals surface area contributed by atoms with Crippen LogP contribution in [-0.2, 0) is 16.6 Å². The van der Waals surface area contributed by atoms with Crippen LogP contribution >= 0.6 is 0 Å². The molecule has 2 rings (SSSR count). The minimum atomic E-state index is -3.49. The van der Waals surface area contributed by atoms with Crippen LogP contribution in [0.2, 0.25) is 0 Å². The summed E-state index contributed by atoms with van der Waals surface area (Å²) in [5.41, 5.74) is 1.79. The Morgan fingerprint density at radius 1 is 1.14 bits per heavy atom. The highest BCUT2D eigenvalue weighted by Gasteiger charge is 2.66. The highest BCUT2D eigenvalue weighted by atomic mass is 32.2. The molecular weight excluding hydrogens is 284 g/mol. The Bertz CT molecular complexity index is 634. The fourth-order valence-corrected chi connectivity index (χ4v) is 4.86. The van der Waals surface area contributed by atoms with Crippen LogP contribution in [0.4, 0.5) is 0 Å². The van der Waals surface area contributed by atoms with Gasteiger partial charge < -0.3 is 5.32 Å². The number of rotatable bonds is 5. The van der Waals surface area contributed by atoms with Gasteiger partial charge in [-0.3, -0.25) is 0 Å². The first-order valence-corrected chi connectivity index (χ1v) is 8.79. The molecule has 0 unspecified atom stereocenters. The van der Waals surface area contributed by atoms with E-state index >= 15 is 0 Å².